The van der Waals surface area contributed by atoms with Crippen LogP contribution in [0.15, 0.2) is 12.2 Å². The van der Waals surface area contributed by atoms with Crippen LogP contribution in [0.1, 0.15) is 45.4 Å². The van der Waals surface area contributed by atoms with Crippen LogP contribution in [0.4, 0.5) is 0 Å². The molecule has 0 aromatic heterocycles. The van der Waals surface area contributed by atoms with Crippen molar-refractivity contribution in [1.29, 1.82) is 0 Å². The number of fused-ring (bicyclic) bond motifs is 1. The van der Waals surface area contributed by atoms with Crippen LogP contribution in [-0.4, -0.2) is 109 Å². The average Bonchev–Trinajstić information content (AvgIpc) is 3.40. The number of hydrogen-bond acceptors (Lipinski definition) is 11. The second-order valence-corrected chi connectivity index (χ2v) is 13.5. The summed E-state index contributed by atoms with van der Waals surface area (Å²) in [6.45, 7) is 6.62. The van der Waals surface area contributed by atoms with Gasteiger partial charge in [-0.25, -0.2) is 0 Å². The van der Waals surface area contributed by atoms with Crippen molar-refractivity contribution in [3.05, 3.63) is 12.2 Å². The van der Waals surface area contributed by atoms with Crippen LogP contribution in [-0.2, 0) is 52.2 Å². The molecule has 1 spiro atoms. The highest BCUT2D eigenvalue weighted by atomic mass is 16.7. The second-order valence-electron chi connectivity index (χ2n) is 13.5. The number of carbonyl (C=O) groups is 2. The second kappa shape index (κ2) is 10.5. The maximum Gasteiger partial charge on any atom is 0.312 e. The van der Waals surface area contributed by atoms with Crippen molar-refractivity contribution in [2.75, 3.05) is 49.3 Å². The Morgan fingerprint density at radius 3 is 2.36 bits per heavy atom. The molecule has 13 atom stereocenters. The summed E-state index contributed by atoms with van der Waals surface area (Å²) in [5, 5.41) is 0. The fraction of sp³-hybridized carbons (Fsp3) is 0.871. The zero-order chi connectivity index (χ0) is 30.2. The summed E-state index contributed by atoms with van der Waals surface area (Å²) in [5.74, 6) is -1.48. The molecule has 2 saturated heterocycles. The standard InChI is InChI=1S/C31H46O11/c1-16-11-29-15-30(16,39-8)10-9-19(29)31-13-17(12-28(2,27(33)42-31)24(31)20(29)25(32)38-7)40-26-23(37-6)22(36-5)21(35-4)18(41-26)14-34-3/h17-24,26H,1,9-15H2,2-8H3/t17-,18-,19-,20?,21-,22+,23-,24-,26-,28?,29+,30+,31-/m1/s1. The Balaban J connectivity index is 1.37. The molecule has 236 valence electrons. The predicted molar refractivity (Wildman–Crippen MR) is 146 cm³/mol. The minimum atomic E-state index is -0.952. The smallest absolute Gasteiger partial charge is 0.312 e. The molecule has 0 amide bonds. The van der Waals surface area contributed by atoms with Gasteiger partial charge in [0, 0.05) is 53.8 Å². The molecule has 6 rings (SSSR count). The molecule has 0 N–H and O–H groups in total. The molecule has 0 aromatic carbocycles. The van der Waals surface area contributed by atoms with Crippen molar-refractivity contribution < 1.29 is 52.2 Å². The molecule has 42 heavy (non-hydrogen) atoms. The Kier molecular flexibility index (Phi) is 7.60. The molecule has 2 unspecified atom stereocenters. The van der Waals surface area contributed by atoms with Crippen LogP contribution in [0.5, 0.6) is 0 Å². The lowest BCUT2D eigenvalue weighted by Crippen LogP contribution is -2.62. The molecule has 11 nitrogen and oxygen atoms in total. The first-order chi connectivity index (χ1) is 20.0. The average molecular weight is 595 g/mol. The van der Waals surface area contributed by atoms with E-state index >= 15 is 0 Å². The topological polar surface area (TPSA) is 117 Å². The van der Waals surface area contributed by atoms with E-state index in [1.54, 1.807) is 35.5 Å². The molecule has 2 aliphatic heterocycles. The van der Waals surface area contributed by atoms with Crippen LogP contribution in [0.25, 0.3) is 0 Å². The van der Waals surface area contributed by atoms with Crippen molar-refractivity contribution in [3.8, 4) is 0 Å². The lowest BCUT2D eigenvalue weighted by molar-refractivity contribution is -0.328. The van der Waals surface area contributed by atoms with E-state index in [2.05, 4.69) is 6.58 Å². The van der Waals surface area contributed by atoms with Crippen LogP contribution in [0.2, 0.25) is 0 Å². The molecule has 11 heteroatoms. The Hall–Kier alpha value is -1.60. The minimum absolute atomic E-state index is 0.0601. The van der Waals surface area contributed by atoms with Crippen molar-refractivity contribution in [2.45, 2.75) is 93.5 Å². The third-order valence-electron chi connectivity index (χ3n) is 11.9. The van der Waals surface area contributed by atoms with Gasteiger partial charge >= 0.3 is 11.9 Å². The number of esters is 2. The molecule has 4 saturated carbocycles. The van der Waals surface area contributed by atoms with E-state index in [1.165, 1.54) is 7.11 Å². The normalized spacial score (nSPS) is 50.8. The van der Waals surface area contributed by atoms with Gasteiger partial charge in [-0.3, -0.25) is 9.59 Å². The van der Waals surface area contributed by atoms with Gasteiger partial charge in [-0.1, -0.05) is 6.58 Å². The molecule has 0 aromatic rings. The molecule has 2 heterocycles. The maximum absolute atomic E-state index is 13.8. The third-order valence-corrected chi connectivity index (χ3v) is 11.9. The summed E-state index contributed by atoms with van der Waals surface area (Å²) < 4.78 is 54.0. The van der Waals surface area contributed by atoms with Gasteiger partial charge in [0.1, 0.15) is 30.0 Å². The highest BCUT2D eigenvalue weighted by Gasteiger charge is 2.84. The predicted octanol–water partition coefficient (Wildman–Crippen LogP) is 2.43. The van der Waals surface area contributed by atoms with Gasteiger partial charge in [-0.2, -0.15) is 0 Å². The Morgan fingerprint density at radius 2 is 1.74 bits per heavy atom. The first kappa shape index (κ1) is 30.4. The molecule has 6 fully saturated rings. The zero-order valence-electron chi connectivity index (χ0n) is 25.8. The van der Waals surface area contributed by atoms with Crippen molar-refractivity contribution in [3.63, 3.8) is 0 Å². The molecular weight excluding hydrogens is 548 g/mol. The van der Waals surface area contributed by atoms with Crippen LogP contribution < -0.4 is 0 Å². The summed E-state index contributed by atoms with van der Waals surface area (Å²) in [4.78, 5) is 27.5. The van der Waals surface area contributed by atoms with Gasteiger partial charge in [-0.15, -0.1) is 0 Å². The third kappa shape index (κ3) is 3.83. The summed E-state index contributed by atoms with van der Waals surface area (Å²) in [5.41, 5.74) is -1.76. The number of rotatable bonds is 9. The Bertz CT molecular complexity index is 1110. The van der Waals surface area contributed by atoms with E-state index in [1.807, 2.05) is 6.92 Å². The van der Waals surface area contributed by atoms with Gasteiger partial charge in [0.15, 0.2) is 6.29 Å². The zero-order valence-corrected chi connectivity index (χ0v) is 25.8. The minimum Gasteiger partial charge on any atom is -0.469 e. The van der Waals surface area contributed by atoms with Gasteiger partial charge in [0.2, 0.25) is 0 Å². The fourth-order valence-corrected chi connectivity index (χ4v) is 10.5. The van der Waals surface area contributed by atoms with E-state index in [-0.39, 0.29) is 30.4 Å². The summed E-state index contributed by atoms with van der Waals surface area (Å²) in [6.07, 6.45) is 0.524. The molecule has 4 aliphatic carbocycles. The monoisotopic (exact) mass is 594 g/mol. The maximum atomic E-state index is 13.8. The van der Waals surface area contributed by atoms with Crippen LogP contribution in [0.3, 0.4) is 0 Å². The van der Waals surface area contributed by atoms with E-state index in [9.17, 15) is 9.59 Å². The number of ether oxygens (including phenoxy) is 9. The highest BCUT2D eigenvalue weighted by Crippen LogP contribution is 2.79. The molecular formula is C31H46O11. The first-order valence-electron chi connectivity index (χ1n) is 15.0. The quantitative estimate of drug-likeness (QED) is 0.289. The lowest BCUT2D eigenvalue weighted by atomic mass is 9.59. The van der Waals surface area contributed by atoms with Gasteiger partial charge in [-0.05, 0) is 50.0 Å². The summed E-state index contributed by atoms with van der Waals surface area (Å²) in [7, 11) is 9.56. The largest absolute Gasteiger partial charge is 0.469 e. The van der Waals surface area contributed by atoms with E-state index < -0.39 is 64.8 Å². The fourth-order valence-electron chi connectivity index (χ4n) is 10.5. The van der Waals surface area contributed by atoms with Crippen molar-refractivity contribution in [2.24, 2.45) is 28.6 Å². The number of hydrogen-bond donors (Lipinski definition) is 0. The SMILES string of the molecule is C=C1C[C@]23C[C@@]1(OC)CC[C@H]2[C@@]12C[C@H](O[C@@H]4O[C@H](COC)[C@@H](OC)[C@H](OC)[C@H]4OC)CC(C)(C(=O)O1)[C@H]2C3C(=O)OC. The van der Waals surface area contributed by atoms with Gasteiger partial charge in [0.25, 0.3) is 0 Å². The lowest BCUT2D eigenvalue weighted by Gasteiger charge is -2.49. The van der Waals surface area contributed by atoms with Crippen molar-refractivity contribution >= 4 is 11.9 Å². The van der Waals surface area contributed by atoms with Crippen molar-refractivity contribution in [1.82, 2.24) is 0 Å². The Labute approximate surface area is 247 Å². The number of carbonyl (C=O) groups excluding carboxylic acids is 2. The van der Waals surface area contributed by atoms with E-state index in [0.717, 1.165) is 18.4 Å². The summed E-state index contributed by atoms with van der Waals surface area (Å²) >= 11 is 0. The molecule has 6 aliphatic rings. The molecule has 0 radical (unpaired) electrons. The van der Waals surface area contributed by atoms with E-state index in [0.29, 0.717) is 25.7 Å². The summed E-state index contributed by atoms with van der Waals surface area (Å²) in [6, 6.07) is 0. The van der Waals surface area contributed by atoms with Gasteiger partial charge < -0.3 is 42.6 Å². The van der Waals surface area contributed by atoms with Crippen LogP contribution >= 0.6 is 0 Å². The van der Waals surface area contributed by atoms with Crippen LogP contribution in [0, 0.1) is 28.6 Å². The van der Waals surface area contributed by atoms with Gasteiger partial charge in [0.05, 0.1) is 36.8 Å². The first-order valence-corrected chi connectivity index (χ1v) is 15.0. The highest BCUT2D eigenvalue weighted by molar-refractivity contribution is 5.85. The Morgan fingerprint density at radius 1 is 1.02 bits per heavy atom. The molecule has 4 bridgehead atoms. The number of methoxy groups -OCH3 is 6. The van der Waals surface area contributed by atoms with E-state index in [4.69, 9.17) is 42.6 Å².